The highest BCUT2D eigenvalue weighted by molar-refractivity contribution is 7.92. The van der Waals surface area contributed by atoms with Crippen LogP contribution in [0.25, 0.3) is 0 Å². The van der Waals surface area contributed by atoms with Crippen molar-refractivity contribution < 1.29 is 13.2 Å². The van der Waals surface area contributed by atoms with Gasteiger partial charge in [0.25, 0.3) is 15.9 Å². The minimum atomic E-state index is -3.78. The molecule has 0 fully saturated rings. The number of hydrogen-bond donors (Lipinski definition) is 2. The van der Waals surface area contributed by atoms with Crippen LogP contribution in [0.5, 0.6) is 0 Å². The highest BCUT2D eigenvalue weighted by Crippen LogP contribution is 2.20. The van der Waals surface area contributed by atoms with Crippen LogP contribution in [0.15, 0.2) is 77.7 Å². The van der Waals surface area contributed by atoms with Gasteiger partial charge in [0.2, 0.25) is 0 Å². The maximum atomic E-state index is 12.6. The van der Waals surface area contributed by atoms with Gasteiger partial charge in [0.1, 0.15) is 0 Å². The van der Waals surface area contributed by atoms with E-state index < -0.39 is 10.0 Å². The second-order valence-corrected chi connectivity index (χ2v) is 8.86. The lowest BCUT2D eigenvalue weighted by molar-refractivity contribution is 0.0940. The van der Waals surface area contributed by atoms with Gasteiger partial charge in [-0.2, -0.15) is 0 Å². The molecule has 0 aromatic heterocycles. The van der Waals surface area contributed by atoms with Crippen molar-refractivity contribution >= 4 is 33.2 Å². The van der Waals surface area contributed by atoms with Crippen molar-refractivity contribution in [2.75, 3.05) is 4.72 Å². The number of benzene rings is 3. The first-order valence-corrected chi connectivity index (χ1v) is 10.9. The van der Waals surface area contributed by atoms with Gasteiger partial charge in [-0.25, -0.2) is 8.42 Å². The Morgan fingerprint density at radius 2 is 1.62 bits per heavy atom. The van der Waals surface area contributed by atoms with Crippen LogP contribution < -0.4 is 10.0 Å². The number of halogens is 1. The van der Waals surface area contributed by atoms with E-state index in [1.165, 1.54) is 30.3 Å². The molecule has 0 unspecified atom stereocenters. The summed E-state index contributed by atoms with van der Waals surface area (Å²) >= 11 is 5.81. The average molecular weight is 429 g/mol. The summed E-state index contributed by atoms with van der Waals surface area (Å²) in [4.78, 5) is 12.7. The van der Waals surface area contributed by atoms with Crippen LogP contribution in [0.1, 0.15) is 34.5 Å². The van der Waals surface area contributed by atoms with Gasteiger partial charge >= 0.3 is 0 Å². The van der Waals surface area contributed by atoms with Gasteiger partial charge in [-0.15, -0.1) is 0 Å². The van der Waals surface area contributed by atoms with E-state index in [2.05, 4.69) is 10.0 Å². The van der Waals surface area contributed by atoms with E-state index in [4.69, 9.17) is 11.6 Å². The zero-order valence-electron chi connectivity index (χ0n) is 16.0. The van der Waals surface area contributed by atoms with Crippen molar-refractivity contribution in [2.45, 2.75) is 24.8 Å². The molecule has 29 heavy (non-hydrogen) atoms. The largest absolute Gasteiger partial charge is 0.346 e. The lowest BCUT2D eigenvalue weighted by Gasteiger charge is -2.15. The summed E-state index contributed by atoms with van der Waals surface area (Å²) in [5.74, 6) is -0.286. The number of carbonyl (C=O) groups excluding carboxylic acids is 1. The van der Waals surface area contributed by atoms with E-state index in [0.29, 0.717) is 16.3 Å². The molecule has 2 N–H and O–H groups in total. The second-order valence-electron chi connectivity index (χ2n) is 6.75. The summed E-state index contributed by atoms with van der Waals surface area (Å²) < 4.78 is 27.5. The van der Waals surface area contributed by atoms with Crippen molar-refractivity contribution in [1.29, 1.82) is 0 Å². The minimum absolute atomic E-state index is 0.0877. The van der Waals surface area contributed by atoms with E-state index in [9.17, 15) is 13.2 Å². The molecule has 0 aliphatic heterocycles. The Morgan fingerprint density at radius 1 is 0.966 bits per heavy atom. The quantitative estimate of drug-likeness (QED) is 0.583. The first-order valence-electron chi connectivity index (χ1n) is 9.00. The van der Waals surface area contributed by atoms with E-state index in [1.54, 1.807) is 18.2 Å². The van der Waals surface area contributed by atoms with Crippen LogP contribution in [-0.2, 0) is 10.0 Å². The highest BCUT2D eigenvalue weighted by atomic mass is 35.5. The zero-order chi connectivity index (χ0) is 21.0. The Balaban J connectivity index is 1.74. The Morgan fingerprint density at radius 3 is 2.28 bits per heavy atom. The minimum Gasteiger partial charge on any atom is -0.346 e. The van der Waals surface area contributed by atoms with Crippen molar-refractivity contribution in [3.05, 3.63) is 94.5 Å². The topological polar surface area (TPSA) is 75.3 Å². The van der Waals surface area contributed by atoms with Crippen LogP contribution >= 0.6 is 11.6 Å². The summed E-state index contributed by atoms with van der Waals surface area (Å²) in [7, 11) is -3.78. The second kappa shape index (κ2) is 8.68. The van der Waals surface area contributed by atoms with Crippen LogP contribution in [0.2, 0.25) is 5.02 Å². The van der Waals surface area contributed by atoms with Crippen molar-refractivity contribution in [3.8, 4) is 0 Å². The first kappa shape index (κ1) is 20.9. The number of carbonyl (C=O) groups is 1. The van der Waals surface area contributed by atoms with Gasteiger partial charge in [-0.1, -0.05) is 47.5 Å². The molecule has 1 amide bonds. The van der Waals surface area contributed by atoms with E-state index in [-0.39, 0.29) is 16.8 Å². The third kappa shape index (κ3) is 5.37. The highest BCUT2D eigenvalue weighted by Gasteiger charge is 2.16. The lowest BCUT2D eigenvalue weighted by Crippen LogP contribution is -2.26. The number of anilines is 1. The summed E-state index contributed by atoms with van der Waals surface area (Å²) in [5.41, 5.74) is 2.80. The number of amides is 1. The van der Waals surface area contributed by atoms with Crippen molar-refractivity contribution in [3.63, 3.8) is 0 Å². The Hall–Kier alpha value is -2.83. The fourth-order valence-electron chi connectivity index (χ4n) is 2.77. The average Bonchev–Trinajstić information content (AvgIpc) is 2.68. The van der Waals surface area contributed by atoms with Crippen molar-refractivity contribution in [1.82, 2.24) is 5.32 Å². The van der Waals surface area contributed by atoms with Crippen LogP contribution in [0.4, 0.5) is 5.69 Å². The third-order valence-corrected chi connectivity index (χ3v) is 6.08. The number of hydrogen-bond acceptors (Lipinski definition) is 3. The Labute approximate surface area is 175 Å². The molecule has 0 saturated heterocycles. The smallest absolute Gasteiger partial charge is 0.261 e. The summed E-state index contributed by atoms with van der Waals surface area (Å²) in [5, 5.41) is 3.38. The van der Waals surface area contributed by atoms with Crippen LogP contribution in [-0.4, -0.2) is 14.3 Å². The van der Waals surface area contributed by atoms with E-state index in [1.807, 2.05) is 38.1 Å². The summed E-state index contributed by atoms with van der Waals surface area (Å²) in [6.07, 6.45) is 0. The lowest BCUT2D eigenvalue weighted by atomic mass is 10.1. The standard InChI is InChI=1S/C22H21ClN2O3S/c1-15-6-8-17(9-7-15)16(2)24-22(26)18-4-3-5-20(14-18)25-29(27,28)21-12-10-19(23)11-13-21/h3-14,16,25H,1-2H3,(H,24,26)/t16-/m0/s1. The summed E-state index contributed by atoms with van der Waals surface area (Å²) in [6, 6.07) is 20.0. The molecule has 0 spiro atoms. The number of aryl methyl sites for hydroxylation is 1. The van der Waals surface area contributed by atoms with Crippen LogP contribution in [0, 0.1) is 6.92 Å². The van der Waals surface area contributed by atoms with Crippen LogP contribution in [0.3, 0.4) is 0 Å². The fourth-order valence-corrected chi connectivity index (χ4v) is 3.95. The molecule has 0 saturated carbocycles. The normalized spacial score (nSPS) is 12.2. The first-order chi connectivity index (χ1) is 13.7. The van der Waals surface area contributed by atoms with Gasteiger partial charge in [0, 0.05) is 16.3 Å². The number of sulfonamides is 1. The zero-order valence-corrected chi connectivity index (χ0v) is 17.6. The third-order valence-electron chi connectivity index (χ3n) is 4.43. The number of rotatable bonds is 6. The predicted octanol–water partition coefficient (Wildman–Crippen LogP) is 4.94. The summed E-state index contributed by atoms with van der Waals surface area (Å²) in [6.45, 7) is 3.90. The maximum absolute atomic E-state index is 12.6. The molecule has 0 aliphatic carbocycles. The molecule has 0 bridgehead atoms. The SMILES string of the molecule is Cc1ccc([C@H](C)NC(=O)c2cccc(NS(=O)(=O)c3ccc(Cl)cc3)c2)cc1. The monoisotopic (exact) mass is 428 g/mol. The fraction of sp³-hybridized carbons (Fsp3) is 0.136. The molecule has 3 aromatic rings. The molecule has 5 nitrogen and oxygen atoms in total. The molecule has 0 radical (unpaired) electrons. The molecule has 150 valence electrons. The molecule has 3 rings (SSSR count). The Bertz CT molecular complexity index is 1110. The molecule has 7 heteroatoms. The molecule has 1 atom stereocenters. The molecular formula is C22H21ClN2O3S. The molecule has 0 heterocycles. The maximum Gasteiger partial charge on any atom is 0.261 e. The van der Waals surface area contributed by atoms with Gasteiger partial charge in [0.15, 0.2) is 0 Å². The van der Waals surface area contributed by atoms with Gasteiger partial charge in [-0.05, 0) is 61.9 Å². The molecule has 0 aliphatic rings. The van der Waals surface area contributed by atoms with Gasteiger partial charge in [0.05, 0.1) is 10.9 Å². The van der Waals surface area contributed by atoms with E-state index >= 15 is 0 Å². The molecular weight excluding hydrogens is 408 g/mol. The molecule has 3 aromatic carbocycles. The van der Waals surface area contributed by atoms with E-state index in [0.717, 1.165) is 11.1 Å². The predicted molar refractivity (Wildman–Crippen MR) is 116 cm³/mol. The Kier molecular flexibility index (Phi) is 6.25. The number of nitrogens with one attached hydrogen (secondary N) is 2. The van der Waals surface area contributed by atoms with Gasteiger partial charge < -0.3 is 5.32 Å². The van der Waals surface area contributed by atoms with Crippen molar-refractivity contribution in [2.24, 2.45) is 0 Å². The van der Waals surface area contributed by atoms with Gasteiger partial charge in [-0.3, -0.25) is 9.52 Å².